The summed E-state index contributed by atoms with van der Waals surface area (Å²) in [6.45, 7) is 12.8. The number of anilines is 1. The van der Waals surface area contributed by atoms with Gasteiger partial charge in [-0.2, -0.15) is 0 Å². The standard InChI is InChI=1S/C14H21N/c1-5-12(4)13-10-8-9-11-14(13)15(6-2)7-3/h8-11H,4-7H2,1-3H3. The first-order chi connectivity index (χ1) is 7.24. The van der Waals surface area contributed by atoms with Crippen molar-refractivity contribution in [2.75, 3.05) is 18.0 Å². The van der Waals surface area contributed by atoms with E-state index < -0.39 is 0 Å². The molecule has 0 aliphatic heterocycles. The van der Waals surface area contributed by atoms with Crippen molar-refractivity contribution in [3.8, 4) is 0 Å². The highest BCUT2D eigenvalue weighted by Gasteiger charge is 2.08. The predicted octanol–water partition coefficient (Wildman–Crippen LogP) is 3.96. The van der Waals surface area contributed by atoms with Crippen LogP contribution in [0.15, 0.2) is 30.8 Å². The van der Waals surface area contributed by atoms with Crippen molar-refractivity contribution < 1.29 is 0 Å². The van der Waals surface area contributed by atoms with E-state index in [1.54, 1.807) is 0 Å². The second kappa shape index (κ2) is 5.59. The lowest BCUT2D eigenvalue weighted by atomic mass is 10.0. The maximum atomic E-state index is 4.13. The zero-order valence-electron chi connectivity index (χ0n) is 10.1. The van der Waals surface area contributed by atoms with Gasteiger partial charge in [-0.05, 0) is 31.9 Å². The highest BCUT2D eigenvalue weighted by molar-refractivity contribution is 5.75. The molecule has 15 heavy (non-hydrogen) atoms. The monoisotopic (exact) mass is 203 g/mol. The molecule has 82 valence electrons. The maximum absolute atomic E-state index is 4.13. The van der Waals surface area contributed by atoms with Crippen molar-refractivity contribution in [2.24, 2.45) is 0 Å². The SMILES string of the molecule is C=C(CC)c1ccccc1N(CC)CC. The van der Waals surface area contributed by atoms with Gasteiger partial charge in [0, 0.05) is 24.3 Å². The Bertz CT molecular complexity index is 324. The normalized spacial score (nSPS) is 10.1. The molecule has 0 aliphatic rings. The van der Waals surface area contributed by atoms with Gasteiger partial charge in [-0.3, -0.25) is 0 Å². The highest BCUT2D eigenvalue weighted by atomic mass is 15.1. The van der Waals surface area contributed by atoms with Gasteiger partial charge in [0.15, 0.2) is 0 Å². The topological polar surface area (TPSA) is 3.24 Å². The molecule has 0 spiro atoms. The fourth-order valence-electron chi connectivity index (χ4n) is 1.80. The minimum atomic E-state index is 1.01. The summed E-state index contributed by atoms with van der Waals surface area (Å²) in [6, 6.07) is 8.53. The molecular formula is C14H21N. The number of allylic oxidation sites excluding steroid dienone is 1. The number of rotatable bonds is 5. The molecule has 1 nitrogen and oxygen atoms in total. The molecule has 0 unspecified atom stereocenters. The van der Waals surface area contributed by atoms with Crippen LogP contribution in [0.25, 0.3) is 5.57 Å². The zero-order chi connectivity index (χ0) is 11.3. The summed E-state index contributed by atoms with van der Waals surface area (Å²) in [6.07, 6.45) is 1.01. The molecule has 0 fully saturated rings. The summed E-state index contributed by atoms with van der Waals surface area (Å²) in [4.78, 5) is 2.37. The van der Waals surface area contributed by atoms with Gasteiger partial charge in [0.2, 0.25) is 0 Å². The summed E-state index contributed by atoms with van der Waals surface area (Å²) >= 11 is 0. The Morgan fingerprint density at radius 2 is 1.73 bits per heavy atom. The summed E-state index contributed by atoms with van der Waals surface area (Å²) < 4.78 is 0. The van der Waals surface area contributed by atoms with Crippen molar-refractivity contribution in [1.82, 2.24) is 0 Å². The van der Waals surface area contributed by atoms with Gasteiger partial charge in [-0.25, -0.2) is 0 Å². The lowest BCUT2D eigenvalue weighted by Crippen LogP contribution is -2.22. The Balaban J connectivity index is 3.10. The highest BCUT2D eigenvalue weighted by Crippen LogP contribution is 2.27. The molecule has 0 N–H and O–H groups in total. The van der Waals surface area contributed by atoms with E-state index in [1.165, 1.54) is 16.8 Å². The number of hydrogen-bond acceptors (Lipinski definition) is 1. The van der Waals surface area contributed by atoms with Crippen LogP contribution in [-0.2, 0) is 0 Å². The molecule has 0 saturated carbocycles. The molecule has 0 heterocycles. The van der Waals surface area contributed by atoms with Gasteiger partial charge in [0.05, 0.1) is 0 Å². The molecule has 1 aromatic rings. The largest absolute Gasteiger partial charge is 0.372 e. The van der Waals surface area contributed by atoms with Crippen molar-refractivity contribution in [1.29, 1.82) is 0 Å². The van der Waals surface area contributed by atoms with Crippen molar-refractivity contribution in [3.63, 3.8) is 0 Å². The number of para-hydroxylation sites is 1. The third kappa shape index (κ3) is 2.62. The lowest BCUT2D eigenvalue weighted by Gasteiger charge is -2.24. The zero-order valence-corrected chi connectivity index (χ0v) is 10.1. The van der Waals surface area contributed by atoms with Gasteiger partial charge in [-0.1, -0.05) is 31.7 Å². The molecule has 0 aromatic heterocycles. The Kier molecular flexibility index (Phi) is 4.41. The Morgan fingerprint density at radius 1 is 1.13 bits per heavy atom. The van der Waals surface area contributed by atoms with Crippen LogP contribution < -0.4 is 4.90 Å². The fraction of sp³-hybridized carbons (Fsp3) is 0.429. The van der Waals surface area contributed by atoms with Gasteiger partial charge in [-0.15, -0.1) is 0 Å². The van der Waals surface area contributed by atoms with Gasteiger partial charge < -0.3 is 4.90 Å². The first-order valence-corrected chi connectivity index (χ1v) is 5.76. The van der Waals surface area contributed by atoms with Crippen LogP contribution in [0, 0.1) is 0 Å². The Labute approximate surface area is 93.4 Å². The summed E-state index contributed by atoms with van der Waals surface area (Å²) in [5, 5.41) is 0. The average Bonchev–Trinajstić information content (AvgIpc) is 2.30. The molecule has 1 rings (SSSR count). The summed E-state index contributed by atoms with van der Waals surface area (Å²) in [5.41, 5.74) is 3.83. The molecule has 0 amide bonds. The smallest absolute Gasteiger partial charge is 0.0442 e. The maximum Gasteiger partial charge on any atom is 0.0442 e. The molecule has 0 bridgehead atoms. The predicted molar refractivity (Wildman–Crippen MR) is 69.3 cm³/mol. The summed E-state index contributed by atoms with van der Waals surface area (Å²) in [7, 11) is 0. The third-order valence-corrected chi connectivity index (χ3v) is 2.82. The Morgan fingerprint density at radius 3 is 2.27 bits per heavy atom. The van der Waals surface area contributed by atoms with Crippen molar-refractivity contribution in [2.45, 2.75) is 27.2 Å². The first kappa shape index (κ1) is 11.8. The number of benzene rings is 1. The van der Waals surface area contributed by atoms with E-state index in [0.29, 0.717) is 0 Å². The second-order valence-corrected chi connectivity index (χ2v) is 3.65. The molecule has 0 atom stereocenters. The van der Waals surface area contributed by atoms with Crippen LogP contribution >= 0.6 is 0 Å². The van der Waals surface area contributed by atoms with Crippen LogP contribution in [0.2, 0.25) is 0 Å². The molecule has 1 heteroatoms. The van der Waals surface area contributed by atoms with Crippen molar-refractivity contribution in [3.05, 3.63) is 36.4 Å². The fourth-order valence-corrected chi connectivity index (χ4v) is 1.80. The lowest BCUT2D eigenvalue weighted by molar-refractivity contribution is 0.864. The van der Waals surface area contributed by atoms with Crippen LogP contribution in [-0.4, -0.2) is 13.1 Å². The van der Waals surface area contributed by atoms with Gasteiger partial charge >= 0.3 is 0 Å². The molecular weight excluding hydrogens is 182 g/mol. The molecule has 1 aromatic carbocycles. The minimum absolute atomic E-state index is 1.01. The van der Waals surface area contributed by atoms with Crippen LogP contribution in [0.3, 0.4) is 0 Å². The van der Waals surface area contributed by atoms with Crippen LogP contribution in [0.4, 0.5) is 5.69 Å². The van der Waals surface area contributed by atoms with Gasteiger partial charge in [0.1, 0.15) is 0 Å². The Hall–Kier alpha value is -1.24. The quantitative estimate of drug-likeness (QED) is 0.700. The van der Waals surface area contributed by atoms with E-state index in [9.17, 15) is 0 Å². The molecule has 0 saturated heterocycles. The van der Waals surface area contributed by atoms with E-state index in [0.717, 1.165) is 19.5 Å². The van der Waals surface area contributed by atoms with E-state index in [1.807, 2.05) is 0 Å². The van der Waals surface area contributed by atoms with E-state index in [4.69, 9.17) is 0 Å². The minimum Gasteiger partial charge on any atom is -0.372 e. The van der Waals surface area contributed by atoms with E-state index >= 15 is 0 Å². The van der Waals surface area contributed by atoms with Gasteiger partial charge in [0.25, 0.3) is 0 Å². The van der Waals surface area contributed by atoms with Crippen LogP contribution in [0.5, 0.6) is 0 Å². The van der Waals surface area contributed by atoms with Crippen molar-refractivity contribution >= 4 is 11.3 Å². The van der Waals surface area contributed by atoms with E-state index in [-0.39, 0.29) is 0 Å². The third-order valence-electron chi connectivity index (χ3n) is 2.82. The number of hydrogen-bond donors (Lipinski definition) is 0. The molecule has 0 radical (unpaired) electrons. The average molecular weight is 203 g/mol. The number of nitrogens with zero attached hydrogens (tertiary/aromatic N) is 1. The molecule has 0 aliphatic carbocycles. The first-order valence-electron chi connectivity index (χ1n) is 5.76. The van der Waals surface area contributed by atoms with Crippen LogP contribution in [0.1, 0.15) is 32.8 Å². The van der Waals surface area contributed by atoms with E-state index in [2.05, 4.69) is 56.5 Å². The second-order valence-electron chi connectivity index (χ2n) is 3.65. The summed E-state index contributed by atoms with van der Waals surface area (Å²) in [5.74, 6) is 0.